The second-order valence-electron chi connectivity index (χ2n) is 11.4. The van der Waals surface area contributed by atoms with E-state index >= 15 is 0 Å². The molecule has 3 aromatic rings. The van der Waals surface area contributed by atoms with E-state index in [0.29, 0.717) is 41.4 Å². The minimum Gasteiger partial charge on any atom is -0.462 e. The van der Waals surface area contributed by atoms with E-state index in [1.54, 1.807) is 37.3 Å². The quantitative estimate of drug-likeness (QED) is 0.134. The summed E-state index contributed by atoms with van der Waals surface area (Å²) < 4.78 is 5.03. The number of rotatable bonds is 11. The Morgan fingerprint density at radius 2 is 1.57 bits per heavy atom. The topological polar surface area (TPSA) is 109 Å². The van der Waals surface area contributed by atoms with Crippen LogP contribution in [0.5, 0.6) is 0 Å². The molecular weight excluding hydrogens is 552 g/mol. The van der Waals surface area contributed by atoms with Gasteiger partial charge in [0.05, 0.1) is 17.9 Å². The lowest BCUT2D eigenvalue weighted by Gasteiger charge is -2.40. The SMILES string of the molecule is C=C=C(Nc1ccccc1)c1cc(C(=O)NC2(C(=O)Nc3ccc(C(=O)OCC)cc3)CCC2)ccc1NC1CCCCC1.[HH].[HH]. The fourth-order valence-corrected chi connectivity index (χ4v) is 5.74. The Bertz CT molecular complexity index is 1550. The van der Waals surface area contributed by atoms with Gasteiger partial charge in [0.15, 0.2) is 0 Å². The number of amides is 2. The predicted octanol–water partition coefficient (Wildman–Crippen LogP) is 7.63. The molecule has 0 radical (unpaired) electrons. The van der Waals surface area contributed by atoms with Crippen LogP contribution in [0.4, 0.5) is 17.1 Å². The second kappa shape index (κ2) is 14.1. The highest BCUT2D eigenvalue weighted by Crippen LogP contribution is 2.35. The molecular formula is C36H44N4O4. The number of benzene rings is 3. The van der Waals surface area contributed by atoms with Crippen LogP contribution in [0.15, 0.2) is 85.1 Å². The number of nitrogens with one attached hydrogen (secondary N) is 4. The number of anilines is 3. The van der Waals surface area contributed by atoms with E-state index in [1.807, 2.05) is 42.5 Å². The third-order valence-corrected chi connectivity index (χ3v) is 8.38. The number of ether oxygens (including phenoxy) is 1. The van der Waals surface area contributed by atoms with Crippen LogP contribution in [0.1, 0.15) is 87.4 Å². The lowest BCUT2D eigenvalue weighted by Crippen LogP contribution is -2.61. The number of carbonyl (C=O) groups is 3. The van der Waals surface area contributed by atoms with Crippen molar-refractivity contribution in [3.63, 3.8) is 0 Å². The molecule has 232 valence electrons. The molecule has 0 aromatic heterocycles. The molecule has 0 aliphatic heterocycles. The van der Waals surface area contributed by atoms with Crippen LogP contribution in [-0.2, 0) is 9.53 Å². The standard InChI is InChI=1S/C36H40N4O4.2H2/c1-3-31(37-27-12-7-5-8-13-27)30-24-26(18-21-32(30)38-28-14-9-6-10-15-28)33(41)40-36(22-11-23-36)35(43)39-29-19-16-25(17-20-29)34(42)44-4-2;;/h5,7-8,12-13,16-21,24,28,37-38H,1,4,6,9-11,14-15,22-23H2,2H3,(H,39,43)(H,40,41);2*1H. The number of para-hydroxylation sites is 1. The largest absolute Gasteiger partial charge is 0.462 e. The fraction of sp³-hybridized carbons (Fsp3) is 0.333. The molecule has 4 N–H and O–H groups in total. The predicted molar refractivity (Wildman–Crippen MR) is 179 cm³/mol. The number of esters is 1. The minimum atomic E-state index is -1.02. The van der Waals surface area contributed by atoms with Gasteiger partial charge in [-0.1, -0.05) is 44.0 Å². The molecule has 2 fully saturated rings. The van der Waals surface area contributed by atoms with Gasteiger partial charge in [-0.3, -0.25) is 9.59 Å². The average Bonchev–Trinajstić information content (AvgIpc) is 3.03. The van der Waals surface area contributed by atoms with Crippen LogP contribution in [0.3, 0.4) is 0 Å². The summed E-state index contributed by atoms with van der Waals surface area (Å²) in [5, 5.41) is 13.0. The van der Waals surface area contributed by atoms with Gasteiger partial charge in [0.25, 0.3) is 5.91 Å². The second-order valence-corrected chi connectivity index (χ2v) is 11.4. The number of hydrogen-bond acceptors (Lipinski definition) is 6. The van der Waals surface area contributed by atoms with E-state index in [9.17, 15) is 14.4 Å². The van der Waals surface area contributed by atoms with Gasteiger partial charge in [-0.15, -0.1) is 5.73 Å². The third kappa shape index (κ3) is 7.21. The highest BCUT2D eigenvalue weighted by Gasteiger charge is 2.45. The van der Waals surface area contributed by atoms with Crippen molar-refractivity contribution in [3.8, 4) is 0 Å². The van der Waals surface area contributed by atoms with Crippen LogP contribution in [0.25, 0.3) is 5.70 Å². The van der Waals surface area contributed by atoms with Gasteiger partial charge in [0.1, 0.15) is 5.54 Å². The van der Waals surface area contributed by atoms with Crippen LogP contribution < -0.4 is 21.3 Å². The van der Waals surface area contributed by atoms with Crippen molar-refractivity contribution in [2.75, 3.05) is 22.6 Å². The molecule has 0 heterocycles. The summed E-state index contributed by atoms with van der Waals surface area (Å²) in [4.78, 5) is 39.1. The summed E-state index contributed by atoms with van der Waals surface area (Å²) in [5.41, 5.74) is 6.64. The summed E-state index contributed by atoms with van der Waals surface area (Å²) >= 11 is 0. The van der Waals surface area contributed by atoms with Crippen molar-refractivity contribution >= 4 is 40.5 Å². The Labute approximate surface area is 261 Å². The normalized spacial score (nSPS) is 15.6. The first kappa shape index (κ1) is 30.6. The lowest BCUT2D eigenvalue weighted by atomic mass is 9.75. The van der Waals surface area contributed by atoms with E-state index in [2.05, 4.69) is 33.6 Å². The fourth-order valence-electron chi connectivity index (χ4n) is 5.74. The Kier molecular flexibility index (Phi) is 9.82. The van der Waals surface area contributed by atoms with Crippen LogP contribution in [0, 0.1) is 0 Å². The first-order chi connectivity index (χ1) is 21.4. The van der Waals surface area contributed by atoms with Crippen molar-refractivity contribution < 1.29 is 22.0 Å². The Morgan fingerprint density at radius 3 is 2.20 bits per heavy atom. The first-order valence-corrected chi connectivity index (χ1v) is 15.4. The van der Waals surface area contributed by atoms with E-state index in [1.165, 1.54) is 19.3 Å². The van der Waals surface area contributed by atoms with Gasteiger partial charge in [-0.05, 0) is 93.6 Å². The third-order valence-electron chi connectivity index (χ3n) is 8.38. The van der Waals surface area contributed by atoms with Gasteiger partial charge in [0, 0.05) is 37.1 Å². The summed E-state index contributed by atoms with van der Waals surface area (Å²) in [6, 6.07) is 22.2. The maximum atomic E-state index is 13.7. The molecule has 0 atom stereocenters. The van der Waals surface area contributed by atoms with Crippen LogP contribution in [0.2, 0.25) is 0 Å². The van der Waals surface area contributed by atoms with Crippen molar-refractivity contribution in [1.82, 2.24) is 5.32 Å². The van der Waals surface area contributed by atoms with E-state index in [-0.39, 0.29) is 21.3 Å². The summed E-state index contributed by atoms with van der Waals surface area (Å²) in [5.74, 6) is -1.03. The van der Waals surface area contributed by atoms with E-state index < -0.39 is 11.5 Å². The Morgan fingerprint density at radius 1 is 0.886 bits per heavy atom. The average molecular weight is 597 g/mol. The highest BCUT2D eigenvalue weighted by atomic mass is 16.5. The van der Waals surface area contributed by atoms with Crippen molar-refractivity contribution in [3.05, 3.63) is 102 Å². The number of hydrogen-bond donors (Lipinski definition) is 4. The van der Waals surface area contributed by atoms with Gasteiger partial charge >= 0.3 is 5.97 Å². The highest BCUT2D eigenvalue weighted by molar-refractivity contribution is 6.05. The molecule has 5 rings (SSSR count). The van der Waals surface area contributed by atoms with Crippen molar-refractivity contribution in [2.45, 2.75) is 69.9 Å². The van der Waals surface area contributed by atoms with Crippen LogP contribution >= 0.6 is 0 Å². The summed E-state index contributed by atoms with van der Waals surface area (Å²) in [6.07, 6.45) is 7.74. The zero-order valence-electron chi connectivity index (χ0n) is 25.2. The molecule has 2 aliphatic rings. The summed E-state index contributed by atoms with van der Waals surface area (Å²) in [6.45, 7) is 5.97. The minimum absolute atomic E-state index is 0. The molecule has 3 aromatic carbocycles. The maximum Gasteiger partial charge on any atom is 0.338 e. The van der Waals surface area contributed by atoms with Gasteiger partial charge in [-0.25, -0.2) is 4.79 Å². The van der Waals surface area contributed by atoms with Crippen LogP contribution in [-0.4, -0.2) is 36.0 Å². The smallest absolute Gasteiger partial charge is 0.338 e. The first-order valence-electron chi connectivity index (χ1n) is 15.4. The zero-order chi connectivity index (χ0) is 30.9. The van der Waals surface area contributed by atoms with Gasteiger partial charge < -0.3 is 26.0 Å². The Hall–Kier alpha value is -4.81. The summed E-state index contributed by atoms with van der Waals surface area (Å²) in [7, 11) is 0. The molecule has 0 bridgehead atoms. The van der Waals surface area contributed by atoms with E-state index in [4.69, 9.17) is 4.74 Å². The molecule has 2 saturated carbocycles. The number of carbonyl (C=O) groups excluding carboxylic acids is 3. The van der Waals surface area contributed by atoms with Gasteiger partial charge in [0.2, 0.25) is 5.91 Å². The molecule has 8 heteroatoms. The molecule has 8 nitrogen and oxygen atoms in total. The van der Waals surface area contributed by atoms with Crippen molar-refractivity contribution in [1.29, 1.82) is 0 Å². The zero-order valence-corrected chi connectivity index (χ0v) is 25.2. The molecule has 0 saturated heterocycles. The van der Waals surface area contributed by atoms with Gasteiger partial charge in [-0.2, -0.15) is 0 Å². The molecule has 2 amide bonds. The van der Waals surface area contributed by atoms with E-state index in [0.717, 1.165) is 36.2 Å². The Balaban J connectivity index is 0.00000288. The molecule has 2 aliphatic carbocycles. The molecule has 0 spiro atoms. The lowest BCUT2D eigenvalue weighted by molar-refractivity contribution is -0.125. The van der Waals surface area contributed by atoms with Crippen molar-refractivity contribution in [2.24, 2.45) is 0 Å². The molecule has 44 heavy (non-hydrogen) atoms. The molecule has 0 unspecified atom stereocenters. The monoisotopic (exact) mass is 596 g/mol. The maximum absolute atomic E-state index is 13.7.